The molecule has 1 fully saturated rings. The summed E-state index contributed by atoms with van der Waals surface area (Å²) in [6.45, 7) is 6.78. The number of nitrogens with zero attached hydrogens (tertiary/aromatic N) is 2. The highest BCUT2D eigenvalue weighted by molar-refractivity contribution is 6.30. The predicted octanol–water partition coefficient (Wildman–Crippen LogP) is 3.60. The predicted molar refractivity (Wildman–Crippen MR) is 75.4 cm³/mol. The van der Waals surface area contributed by atoms with Gasteiger partial charge in [-0.2, -0.15) is 0 Å². The number of benzene rings is 1. The maximum absolute atomic E-state index is 4.91. The Morgan fingerprint density at radius 3 is 2.89 bits per heavy atom. The molecule has 0 bridgehead atoms. The second-order valence-electron chi connectivity index (χ2n) is 5.70. The van der Waals surface area contributed by atoms with E-state index in [1.807, 2.05) is 0 Å². The van der Waals surface area contributed by atoms with Crippen LogP contribution in [0.15, 0.2) is 22.8 Å². The van der Waals surface area contributed by atoms with Gasteiger partial charge < -0.3 is 4.90 Å². The van der Waals surface area contributed by atoms with Crippen molar-refractivity contribution in [3.8, 4) is 0 Å². The van der Waals surface area contributed by atoms with Gasteiger partial charge in [0, 0.05) is 36.3 Å². The molecule has 1 saturated heterocycles. The zero-order valence-electron chi connectivity index (χ0n) is 11.1. The van der Waals surface area contributed by atoms with E-state index in [0.717, 1.165) is 6.42 Å². The molecule has 3 heterocycles. The minimum absolute atomic E-state index is 1.12. The molecule has 4 rings (SSSR count). The van der Waals surface area contributed by atoms with Gasteiger partial charge in [-0.3, -0.25) is 4.99 Å². The van der Waals surface area contributed by atoms with E-state index in [1.54, 1.807) is 5.70 Å². The smallest absolute Gasteiger partial charge is 0.0742 e. The van der Waals surface area contributed by atoms with E-state index in [9.17, 15) is 0 Å². The monoisotopic (exact) mass is 238 g/mol. The van der Waals surface area contributed by atoms with Crippen LogP contribution in [0.4, 0.5) is 5.69 Å². The Hall–Kier alpha value is -1.57. The third kappa shape index (κ3) is 1.26. The van der Waals surface area contributed by atoms with Gasteiger partial charge in [-0.15, -0.1) is 0 Å². The topological polar surface area (TPSA) is 15.6 Å². The SMILES string of the molecule is Cc1cc(C)c2c(c1)C1=C3CCCN3CCC1=N2. The molecule has 0 radical (unpaired) electrons. The Kier molecular flexibility index (Phi) is 2.00. The van der Waals surface area contributed by atoms with E-state index in [2.05, 4.69) is 30.9 Å². The number of rotatable bonds is 0. The van der Waals surface area contributed by atoms with Crippen LogP contribution >= 0.6 is 0 Å². The zero-order valence-corrected chi connectivity index (χ0v) is 11.1. The van der Waals surface area contributed by atoms with Crippen LogP contribution < -0.4 is 0 Å². The van der Waals surface area contributed by atoms with Crippen molar-refractivity contribution < 1.29 is 0 Å². The summed E-state index contributed by atoms with van der Waals surface area (Å²) in [5.41, 5.74) is 9.67. The van der Waals surface area contributed by atoms with Crippen LogP contribution in [-0.2, 0) is 0 Å². The van der Waals surface area contributed by atoms with Gasteiger partial charge in [-0.05, 0) is 38.3 Å². The molecule has 0 aromatic heterocycles. The van der Waals surface area contributed by atoms with E-state index in [0.29, 0.717) is 0 Å². The van der Waals surface area contributed by atoms with Gasteiger partial charge in [0.1, 0.15) is 0 Å². The first-order valence-electron chi connectivity index (χ1n) is 6.92. The Balaban J connectivity index is 2.00. The highest BCUT2D eigenvalue weighted by atomic mass is 15.2. The summed E-state index contributed by atoms with van der Waals surface area (Å²) in [4.78, 5) is 7.48. The van der Waals surface area contributed by atoms with E-state index >= 15 is 0 Å². The molecule has 0 spiro atoms. The molecule has 3 aliphatic rings. The van der Waals surface area contributed by atoms with Crippen molar-refractivity contribution >= 4 is 17.0 Å². The van der Waals surface area contributed by atoms with Gasteiger partial charge in [0.2, 0.25) is 0 Å². The summed E-state index contributed by atoms with van der Waals surface area (Å²) in [5, 5.41) is 0. The van der Waals surface area contributed by atoms with Crippen molar-refractivity contribution in [1.29, 1.82) is 0 Å². The Labute approximate surface area is 108 Å². The first-order valence-corrected chi connectivity index (χ1v) is 6.92. The summed E-state index contributed by atoms with van der Waals surface area (Å²) in [6, 6.07) is 4.57. The minimum atomic E-state index is 1.12. The fourth-order valence-corrected chi connectivity index (χ4v) is 3.65. The van der Waals surface area contributed by atoms with E-state index in [-0.39, 0.29) is 0 Å². The Morgan fingerprint density at radius 1 is 1.11 bits per heavy atom. The molecule has 1 aromatic rings. The maximum atomic E-state index is 4.91. The summed E-state index contributed by atoms with van der Waals surface area (Å²) >= 11 is 0. The number of fused-ring (bicyclic) bond motifs is 4. The van der Waals surface area contributed by atoms with Crippen molar-refractivity contribution in [2.24, 2.45) is 4.99 Å². The van der Waals surface area contributed by atoms with Crippen LogP contribution in [0.3, 0.4) is 0 Å². The van der Waals surface area contributed by atoms with Crippen LogP contribution in [0.5, 0.6) is 0 Å². The quantitative estimate of drug-likeness (QED) is 0.674. The lowest BCUT2D eigenvalue weighted by atomic mass is 9.93. The van der Waals surface area contributed by atoms with Crippen molar-refractivity contribution in [3.63, 3.8) is 0 Å². The average molecular weight is 238 g/mol. The minimum Gasteiger partial charge on any atom is -0.374 e. The molecule has 3 aliphatic heterocycles. The molecule has 0 aliphatic carbocycles. The summed E-state index contributed by atoms with van der Waals surface area (Å²) in [5.74, 6) is 0. The summed E-state index contributed by atoms with van der Waals surface area (Å²) in [7, 11) is 0. The van der Waals surface area contributed by atoms with Crippen molar-refractivity contribution in [3.05, 3.63) is 34.5 Å². The molecule has 18 heavy (non-hydrogen) atoms. The zero-order chi connectivity index (χ0) is 12.3. The van der Waals surface area contributed by atoms with E-state index < -0.39 is 0 Å². The lowest BCUT2D eigenvalue weighted by Gasteiger charge is -2.27. The number of aliphatic imine (C=N–C) groups is 1. The standard InChI is InChI=1S/C16H18N2/c1-10-8-11(2)16-12(9-10)15-13(17-16)5-7-18-6-3-4-14(15)18/h8-9H,3-7H2,1-2H3. The first-order chi connectivity index (χ1) is 8.74. The van der Waals surface area contributed by atoms with Gasteiger partial charge in [-0.1, -0.05) is 11.6 Å². The van der Waals surface area contributed by atoms with Crippen LogP contribution in [0.2, 0.25) is 0 Å². The average Bonchev–Trinajstić information content (AvgIpc) is 2.91. The summed E-state index contributed by atoms with van der Waals surface area (Å²) in [6.07, 6.45) is 3.67. The molecular formula is C16H18N2. The highest BCUT2D eigenvalue weighted by Gasteiger charge is 2.33. The van der Waals surface area contributed by atoms with Gasteiger partial charge in [0.05, 0.1) is 11.4 Å². The summed E-state index contributed by atoms with van der Waals surface area (Å²) < 4.78 is 0. The van der Waals surface area contributed by atoms with Gasteiger partial charge >= 0.3 is 0 Å². The van der Waals surface area contributed by atoms with E-state index in [4.69, 9.17) is 4.99 Å². The van der Waals surface area contributed by atoms with Gasteiger partial charge in [0.15, 0.2) is 0 Å². The molecular weight excluding hydrogens is 220 g/mol. The van der Waals surface area contributed by atoms with Crippen LogP contribution in [0.1, 0.15) is 36.0 Å². The number of hydrogen-bond acceptors (Lipinski definition) is 2. The fraction of sp³-hybridized carbons (Fsp3) is 0.438. The third-order valence-corrected chi connectivity index (χ3v) is 4.38. The molecule has 0 unspecified atom stereocenters. The first kappa shape index (κ1) is 10.4. The third-order valence-electron chi connectivity index (χ3n) is 4.38. The van der Waals surface area contributed by atoms with Gasteiger partial charge in [0.25, 0.3) is 0 Å². The Morgan fingerprint density at radius 2 is 2.00 bits per heavy atom. The molecule has 2 heteroatoms. The lowest BCUT2D eigenvalue weighted by Crippen LogP contribution is -2.27. The van der Waals surface area contributed by atoms with Gasteiger partial charge in [-0.25, -0.2) is 0 Å². The molecule has 2 nitrogen and oxygen atoms in total. The molecule has 0 atom stereocenters. The van der Waals surface area contributed by atoms with Crippen molar-refractivity contribution in [1.82, 2.24) is 4.90 Å². The number of hydrogen-bond donors (Lipinski definition) is 0. The van der Waals surface area contributed by atoms with Crippen LogP contribution in [0.25, 0.3) is 5.57 Å². The second-order valence-corrected chi connectivity index (χ2v) is 5.70. The molecule has 1 aromatic carbocycles. The highest BCUT2D eigenvalue weighted by Crippen LogP contribution is 2.45. The fourth-order valence-electron chi connectivity index (χ4n) is 3.65. The number of allylic oxidation sites excluding steroid dienone is 2. The molecule has 92 valence electrons. The lowest BCUT2D eigenvalue weighted by molar-refractivity contribution is 0.401. The largest absolute Gasteiger partial charge is 0.374 e. The Bertz CT molecular complexity index is 608. The number of aryl methyl sites for hydroxylation is 2. The molecule has 0 amide bonds. The van der Waals surface area contributed by atoms with E-state index in [1.165, 1.54) is 59.6 Å². The maximum Gasteiger partial charge on any atom is 0.0742 e. The van der Waals surface area contributed by atoms with Crippen LogP contribution in [-0.4, -0.2) is 23.7 Å². The molecule has 0 N–H and O–H groups in total. The van der Waals surface area contributed by atoms with Crippen molar-refractivity contribution in [2.45, 2.75) is 33.1 Å². The van der Waals surface area contributed by atoms with Crippen molar-refractivity contribution in [2.75, 3.05) is 13.1 Å². The molecule has 0 saturated carbocycles. The van der Waals surface area contributed by atoms with Crippen LogP contribution in [0, 0.1) is 13.8 Å². The normalized spacial score (nSPS) is 20.8. The second kappa shape index (κ2) is 3.47.